The van der Waals surface area contributed by atoms with Crippen LogP contribution < -0.4 is 5.32 Å². The van der Waals surface area contributed by atoms with Crippen molar-refractivity contribution in [3.63, 3.8) is 0 Å². The topological polar surface area (TPSA) is 37.8 Å². The summed E-state index contributed by atoms with van der Waals surface area (Å²) < 4.78 is 0. The smallest absolute Gasteiger partial charge is 0.0764 e. The second kappa shape index (κ2) is 5.25. The molecule has 3 nitrogen and oxygen atoms in total. The molecule has 0 amide bonds. The zero-order valence-corrected chi connectivity index (χ0v) is 10.6. The number of rotatable bonds is 3. The number of aryl methyl sites for hydroxylation is 1. The molecule has 0 radical (unpaired) electrons. The van der Waals surface area contributed by atoms with E-state index in [0.29, 0.717) is 5.02 Å². The SMILES string of the molecule is CNC(c1cncc(C)c1)c1ccc(Cl)cn1. The first-order valence-corrected chi connectivity index (χ1v) is 5.79. The van der Waals surface area contributed by atoms with Gasteiger partial charge in [0.05, 0.1) is 16.8 Å². The lowest BCUT2D eigenvalue weighted by Crippen LogP contribution is -2.19. The van der Waals surface area contributed by atoms with Crippen LogP contribution in [0, 0.1) is 6.92 Å². The van der Waals surface area contributed by atoms with Gasteiger partial charge in [-0.2, -0.15) is 0 Å². The lowest BCUT2D eigenvalue weighted by Gasteiger charge is -2.16. The summed E-state index contributed by atoms with van der Waals surface area (Å²) in [5.41, 5.74) is 3.17. The molecule has 2 aromatic heterocycles. The predicted octanol–water partition coefficient (Wildman–Crippen LogP) is 2.75. The van der Waals surface area contributed by atoms with E-state index in [1.807, 2.05) is 38.5 Å². The van der Waals surface area contributed by atoms with Crippen molar-refractivity contribution in [3.8, 4) is 0 Å². The maximum Gasteiger partial charge on any atom is 0.0764 e. The zero-order chi connectivity index (χ0) is 12.3. The maximum atomic E-state index is 5.84. The molecule has 1 unspecified atom stereocenters. The molecule has 17 heavy (non-hydrogen) atoms. The van der Waals surface area contributed by atoms with Gasteiger partial charge in [0.25, 0.3) is 0 Å². The fourth-order valence-electron chi connectivity index (χ4n) is 1.78. The van der Waals surface area contributed by atoms with Crippen molar-refractivity contribution < 1.29 is 0 Å². The van der Waals surface area contributed by atoms with Crippen LogP contribution in [0.1, 0.15) is 22.9 Å². The molecule has 2 rings (SSSR count). The summed E-state index contributed by atoms with van der Waals surface area (Å²) in [7, 11) is 1.91. The molecule has 0 aromatic carbocycles. The fourth-order valence-corrected chi connectivity index (χ4v) is 1.89. The van der Waals surface area contributed by atoms with Gasteiger partial charge < -0.3 is 5.32 Å². The zero-order valence-electron chi connectivity index (χ0n) is 9.81. The molecule has 2 aromatic rings. The molecule has 0 spiro atoms. The number of aromatic nitrogens is 2. The van der Waals surface area contributed by atoms with Gasteiger partial charge >= 0.3 is 0 Å². The number of nitrogens with zero attached hydrogens (tertiary/aromatic N) is 2. The molecule has 1 atom stereocenters. The second-order valence-corrected chi connectivity index (χ2v) is 4.36. The van der Waals surface area contributed by atoms with Crippen LogP contribution in [0.25, 0.3) is 0 Å². The van der Waals surface area contributed by atoms with Crippen molar-refractivity contribution in [3.05, 3.63) is 58.6 Å². The standard InChI is InChI=1S/C13H14ClN3/c1-9-5-10(7-16-6-9)13(15-2)12-4-3-11(14)8-17-12/h3-8,13,15H,1-2H3. The molecule has 0 saturated heterocycles. The van der Waals surface area contributed by atoms with E-state index in [2.05, 4.69) is 21.4 Å². The Morgan fingerprint density at radius 2 is 2.06 bits per heavy atom. The predicted molar refractivity (Wildman–Crippen MR) is 69.1 cm³/mol. The number of hydrogen-bond donors (Lipinski definition) is 1. The van der Waals surface area contributed by atoms with Crippen molar-refractivity contribution in [2.75, 3.05) is 7.05 Å². The Kier molecular flexibility index (Phi) is 3.71. The van der Waals surface area contributed by atoms with E-state index in [4.69, 9.17) is 11.6 Å². The highest BCUT2D eigenvalue weighted by Gasteiger charge is 2.13. The van der Waals surface area contributed by atoms with Crippen LogP contribution in [0.5, 0.6) is 0 Å². The van der Waals surface area contributed by atoms with Gasteiger partial charge in [0.1, 0.15) is 0 Å². The molecule has 0 fully saturated rings. The third-order valence-electron chi connectivity index (χ3n) is 2.56. The van der Waals surface area contributed by atoms with Crippen LogP contribution in [0.2, 0.25) is 5.02 Å². The number of pyridine rings is 2. The number of halogens is 1. The first-order valence-electron chi connectivity index (χ1n) is 5.41. The fraction of sp³-hybridized carbons (Fsp3) is 0.231. The molecule has 0 aliphatic heterocycles. The van der Waals surface area contributed by atoms with E-state index in [1.54, 1.807) is 6.20 Å². The Labute approximate surface area is 106 Å². The van der Waals surface area contributed by atoms with Crippen LogP contribution in [-0.4, -0.2) is 17.0 Å². The number of nitrogens with one attached hydrogen (secondary N) is 1. The van der Waals surface area contributed by atoms with Crippen molar-refractivity contribution in [1.29, 1.82) is 0 Å². The lowest BCUT2D eigenvalue weighted by molar-refractivity contribution is 0.667. The molecule has 1 N–H and O–H groups in total. The van der Waals surface area contributed by atoms with Gasteiger partial charge in [-0.1, -0.05) is 17.7 Å². The first kappa shape index (κ1) is 12.0. The molecule has 0 saturated carbocycles. The van der Waals surface area contributed by atoms with Crippen molar-refractivity contribution in [1.82, 2.24) is 15.3 Å². The Balaban J connectivity index is 2.36. The van der Waals surface area contributed by atoms with Crippen molar-refractivity contribution in [2.45, 2.75) is 13.0 Å². The Bertz CT molecular complexity index is 496. The minimum Gasteiger partial charge on any atom is -0.308 e. The Morgan fingerprint density at radius 1 is 1.24 bits per heavy atom. The Morgan fingerprint density at radius 3 is 2.65 bits per heavy atom. The summed E-state index contributed by atoms with van der Waals surface area (Å²) in [5, 5.41) is 3.88. The average Bonchev–Trinajstić information content (AvgIpc) is 2.33. The highest BCUT2D eigenvalue weighted by molar-refractivity contribution is 6.30. The third kappa shape index (κ3) is 2.81. The monoisotopic (exact) mass is 247 g/mol. The largest absolute Gasteiger partial charge is 0.308 e. The van der Waals surface area contributed by atoms with E-state index in [0.717, 1.165) is 16.8 Å². The van der Waals surface area contributed by atoms with Gasteiger partial charge in [0.15, 0.2) is 0 Å². The molecule has 88 valence electrons. The molecular weight excluding hydrogens is 234 g/mol. The van der Waals surface area contributed by atoms with E-state index >= 15 is 0 Å². The van der Waals surface area contributed by atoms with Gasteiger partial charge in [0, 0.05) is 18.6 Å². The summed E-state index contributed by atoms with van der Waals surface area (Å²) in [5.74, 6) is 0. The highest BCUT2D eigenvalue weighted by atomic mass is 35.5. The molecule has 4 heteroatoms. The second-order valence-electron chi connectivity index (χ2n) is 3.92. The molecule has 0 aliphatic rings. The van der Waals surface area contributed by atoms with E-state index in [9.17, 15) is 0 Å². The molecular formula is C13H14ClN3. The van der Waals surface area contributed by atoms with Crippen LogP contribution in [0.4, 0.5) is 0 Å². The maximum absolute atomic E-state index is 5.84. The third-order valence-corrected chi connectivity index (χ3v) is 2.79. The highest BCUT2D eigenvalue weighted by Crippen LogP contribution is 2.20. The van der Waals surface area contributed by atoms with Crippen LogP contribution in [0.15, 0.2) is 36.8 Å². The molecule has 0 bridgehead atoms. The van der Waals surface area contributed by atoms with Crippen molar-refractivity contribution in [2.24, 2.45) is 0 Å². The summed E-state index contributed by atoms with van der Waals surface area (Å²) >= 11 is 5.84. The lowest BCUT2D eigenvalue weighted by atomic mass is 10.0. The van der Waals surface area contributed by atoms with Gasteiger partial charge in [-0.05, 0) is 37.2 Å². The van der Waals surface area contributed by atoms with Gasteiger partial charge in [-0.15, -0.1) is 0 Å². The summed E-state index contributed by atoms with van der Waals surface area (Å²) in [6.45, 7) is 2.03. The average molecular weight is 248 g/mol. The van der Waals surface area contributed by atoms with Gasteiger partial charge in [-0.25, -0.2) is 0 Å². The number of hydrogen-bond acceptors (Lipinski definition) is 3. The Hall–Kier alpha value is -1.45. The van der Waals surface area contributed by atoms with Crippen LogP contribution in [0.3, 0.4) is 0 Å². The van der Waals surface area contributed by atoms with Gasteiger partial charge in [-0.3, -0.25) is 9.97 Å². The quantitative estimate of drug-likeness (QED) is 0.906. The minimum atomic E-state index is 0.0414. The van der Waals surface area contributed by atoms with Crippen LogP contribution in [-0.2, 0) is 0 Å². The summed E-state index contributed by atoms with van der Waals surface area (Å²) in [4.78, 5) is 8.54. The molecule has 0 aliphatic carbocycles. The first-order chi connectivity index (χ1) is 8.20. The molecule has 2 heterocycles. The van der Waals surface area contributed by atoms with Crippen LogP contribution >= 0.6 is 11.6 Å². The normalized spacial score (nSPS) is 12.4. The summed E-state index contributed by atoms with van der Waals surface area (Å²) in [6, 6.07) is 5.91. The van der Waals surface area contributed by atoms with E-state index < -0.39 is 0 Å². The summed E-state index contributed by atoms with van der Waals surface area (Å²) in [6.07, 6.45) is 5.35. The van der Waals surface area contributed by atoms with Gasteiger partial charge in [0.2, 0.25) is 0 Å². The van der Waals surface area contributed by atoms with Crippen molar-refractivity contribution >= 4 is 11.6 Å². The van der Waals surface area contributed by atoms with E-state index in [1.165, 1.54) is 0 Å². The minimum absolute atomic E-state index is 0.0414. The van der Waals surface area contributed by atoms with E-state index in [-0.39, 0.29) is 6.04 Å².